The maximum absolute atomic E-state index is 12.8. The molecule has 0 spiro atoms. The van der Waals surface area contributed by atoms with Gasteiger partial charge in [-0.05, 0) is 24.3 Å². The first kappa shape index (κ1) is 12.1. The molecular formula is C12H11FN2O3. The summed E-state index contributed by atoms with van der Waals surface area (Å²) in [4.78, 5) is 22.8. The zero-order valence-corrected chi connectivity index (χ0v) is 9.64. The summed E-state index contributed by atoms with van der Waals surface area (Å²) < 4.78 is 18.5. The first-order chi connectivity index (χ1) is 8.60. The summed E-state index contributed by atoms with van der Waals surface area (Å²) in [5.74, 6) is -0.823. The molecule has 0 amide bonds. The topological polar surface area (TPSA) is 64.1 Å². The van der Waals surface area contributed by atoms with Crippen molar-refractivity contribution in [1.29, 1.82) is 0 Å². The van der Waals surface area contributed by atoms with Crippen molar-refractivity contribution in [2.45, 2.75) is 6.42 Å². The van der Waals surface area contributed by atoms with Crippen LogP contribution in [0.3, 0.4) is 0 Å². The second kappa shape index (κ2) is 4.87. The van der Waals surface area contributed by atoms with Gasteiger partial charge in [0.15, 0.2) is 0 Å². The largest absolute Gasteiger partial charge is 0.469 e. The lowest BCUT2D eigenvalue weighted by atomic mass is 10.3. The molecule has 0 saturated heterocycles. The highest BCUT2D eigenvalue weighted by Crippen LogP contribution is 2.06. The van der Waals surface area contributed by atoms with E-state index in [1.165, 1.54) is 42.1 Å². The fourth-order valence-electron chi connectivity index (χ4n) is 1.54. The Kier molecular flexibility index (Phi) is 3.27. The van der Waals surface area contributed by atoms with Crippen molar-refractivity contribution in [3.05, 3.63) is 52.2 Å². The number of aromatic nitrogens is 2. The lowest BCUT2D eigenvalue weighted by Gasteiger charge is -2.01. The van der Waals surface area contributed by atoms with Crippen LogP contribution in [-0.2, 0) is 16.0 Å². The highest BCUT2D eigenvalue weighted by atomic mass is 19.1. The third kappa shape index (κ3) is 2.48. The Hall–Kier alpha value is -2.37. The summed E-state index contributed by atoms with van der Waals surface area (Å²) in [6, 6.07) is 6.75. The van der Waals surface area contributed by atoms with Gasteiger partial charge < -0.3 is 4.74 Å². The summed E-state index contributed by atoms with van der Waals surface area (Å²) in [7, 11) is 1.28. The van der Waals surface area contributed by atoms with E-state index in [9.17, 15) is 14.0 Å². The summed E-state index contributed by atoms with van der Waals surface area (Å²) in [5, 5.41) is 2.76. The minimum absolute atomic E-state index is 0.0140. The molecule has 0 saturated carbocycles. The van der Waals surface area contributed by atoms with Crippen LogP contribution in [0.2, 0.25) is 0 Å². The Morgan fingerprint density at radius 1 is 1.39 bits per heavy atom. The van der Waals surface area contributed by atoms with Crippen LogP contribution in [0.5, 0.6) is 0 Å². The van der Waals surface area contributed by atoms with E-state index in [0.717, 1.165) is 0 Å². The predicted molar refractivity (Wildman–Crippen MR) is 62.1 cm³/mol. The number of ether oxygens (including phenoxy) is 1. The zero-order chi connectivity index (χ0) is 13.1. The van der Waals surface area contributed by atoms with Crippen molar-refractivity contribution in [3.63, 3.8) is 0 Å². The molecule has 0 atom stereocenters. The van der Waals surface area contributed by atoms with Crippen LogP contribution in [0, 0.1) is 5.82 Å². The molecule has 0 aliphatic heterocycles. The molecule has 1 heterocycles. The van der Waals surface area contributed by atoms with E-state index >= 15 is 0 Å². The van der Waals surface area contributed by atoms with E-state index in [-0.39, 0.29) is 17.8 Å². The molecule has 1 N–H and O–H groups in total. The number of rotatable bonds is 3. The Labute approximate surface area is 102 Å². The molecular weight excluding hydrogens is 239 g/mol. The molecule has 5 nitrogen and oxygen atoms in total. The van der Waals surface area contributed by atoms with E-state index in [1.807, 2.05) is 0 Å². The summed E-state index contributed by atoms with van der Waals surface area (Å²) in [5.41, 5.74) is 0.620. The van der Waals surface area contributed by atoms with Gasteiger partial charge in [0.25, 0.3) is 5.56 Å². The fraction of sp³-hybridized carbons (Fsp3) is 0.167. The van der Waals surface area contributed by atoms with Gasteiger partial charge in [-0.15, -0.1) is 0 Å². The number of hydrogen-bond donors (Lipinski definition) is 1. The smallest absolute Gasteiger partial charge is 0.311 e. The Morgan fingerprint density at radius 3 is 2.67 bits per heavy atom. The SMILES string of the molecule is COC(=O)Cc1cc(=O)n(-c2ccc(F)cc2)[nH]1. The number of nitrogens with zero attached hydrogens (tertiary/aromatic N) is 1. The van der Waals surface area contributed by atoms with Gasteiger partial charge >= 0.3 is 5.97 Å². The Morgan fingerprint density at radius 2 is 2.06 bits per heavy atom. The van der Waals surface area contributed by atoms with Crippen LogP contribution < -0.4 is 5.56 Å². The van der Waals surface area contributed by atoms with Gasteiger partial charge in [-0.25, -0.2) is 9.07 Å². The molecule has 0 fully saturated rings. The number of carbonyl (C=O) groups is 1. The number of H-pyrrole nitrogens is 1. The highest BCUT2D eigenvalue weighted by Gasteiger charge is 2.09. The van der Waals surface area contributed by atoms with Crippen molar-refractivity contribution in [2.75, 3.05) is 7.11 Å². The summed E-state index contributed by atoms with van der Waals surface area (Å²) >= 11 is 0. The number of benzene rings is 1. The molecule has 0 aliphatic carbocycles. The fourth-order valence-corrected chi connectivity index (χ4v) is 1.54. The number of aromatic amines is 1. The van der Waals surface area contributed by atoms with Crippen LogP contribution in [-0.4, -0.2) is 22.9 Å². The van der Waals surface area contributed by atoms with E-state index in [2.05, 4.69) is 9.84 Å². The minimum atomic E-state index is -0.442. The zero-order valence-electron chi connectivity index (χ0n) is 9.64. The number of halogens is 1. The lowest BCUT2D eigenvalue weighted by molar-refractivity contribution is -0.139. The molecule has 0 unspecified atom stereocenters. The van der Waals surface area contributed by atoms with Crippen LogP contribution in [0.1, 0.15) is 5.69 Å². The van der Waals surface area contributed by atoms with E-state index in [4.69, 9.17) is 0 Å². The quantitative estimate of drug-likeness (QED) is 0.827. The van der Waals surface area contributed by atoms with Gasteiger partial charge in [0, 0.05) is 11.8 Å². The number of methoxy groups -OCH3 is 1. The average Bonchev–Trinajstić information content (AvgIpc) is 2.71. The normalized spacial score (nSPS) is 10.3. The molecule has 18 heavy (non-hydrogen) atoms. The predicted octanol–water partition coefficient (Wildman–Crippen LogP) is 1.02. The highest BCUT2D eigenvalue weighted by molar-refractivity contribution is 5.71. The first-order valence-corrected chi connectivity index (χ1v) is 5.24. The second-order valence-electron chi connectivity index (χ2n) is 3.68. The Balaban J connectivity index is 2.32. The van der Waals surface area contributed by atoms with Crippen LogP contribution >= 0.6 is 0 Å². The van der Waals surface area contributed by atoms with Gasteiger partial charge in [-0.1, -0.05) is 0 Å². The molecule has 1 aromatic carbocycles. The van der Waals surface area contributed by atoms with E-state index in [0.29, 0.717) is 11.4 Å². The molecule has 6 heteroatoms. The van der Waals surface area contributed by atoms with Gasteiger partial charge in [0.1, 0.15) is 5.82 Å². The van der Waals surface area contributed by atoms with Crippen molar-refractivity contribution in [1.82, 2.24) is 9.78 Å². The van der Waals surface area contributed by atoms with Gasteiger partial charge in [-0.3, -0.25) is 14.7 Å². The number of esters is 1. The second-order valence-corrected chi connectivity index (χ2v) is 3.68. The van der Waals surface area contributed by atoms with Crippen LogP contribution in [0.15, 0.2) is 35.1 Å². The maximum Gasteiger partial charge on any atom is 0.311 e. The van der Waals surface area contributed by atoms with Crippen molar-refractivity contribution < 1.29 is 13.9 Å². The Bertz CT molecular complexity index is 613. The number of hydrogen-bond acceptors (Lipinski definition) is 3. The third-order valence-electron chi connectivity index (χ3n) is 2.42. The molecule has 2 aromatic rings. The first-order valence-electron chi connectivity index (χ1n) is 5.24. The van der Waals surface area contributed by atoms with Gasteiger partial charge in [0.05, 0.1) is 19.2 Å². The number of nitrogens with one attached hydrogen (secondary N) is 1. The van der Waals surface area contributed by atoms with Crippen molar-refractivity contribution in [3.8, 4) is 5.69 Å². The molecule has 2 rings (SSSR count). The van der Waals surface area contributed by atoms with Crippen molar-refractivity contribution >= 4 is 5.97 Å². The summed E-state index contributed by atoms with van der Waals surface area (Å²) in [6.45, 7) is 0. The van der Waals surface area contributed by atoms with Gasteiger partial charge in [-0.2, -0.15) is 0 Å². The standard InChI is InChI=1S/C12H11FN2O3/c1-18-12(17)7-9-6-11(16)15(14-9)10-4-2-8(13)3-5-10/h2-6,14H,7H2,1H3. The molecule has 0 aliphatic rings. The van der Waals surface area contributed by atoms with Crippen molar-refractivity contribution in [2.24, 2.45) is 0 Å². The molecule has 94 valence electrons. The monoisotopic (exact) mass is 250 g/mol. The van der Waals surface area contributed by atoms with Gasteiger partial charge in [0.2, 0.25) is 0 Å². The summed E-state index contributed by atoms with van der Waals surface area (Å²) in [6.07, 6.45) is -0.0140. The minimum Gasteiger partial charge on any atom is -0.469 e. The molecule has 0 radical (unpaired) electrons. The maximum atomic E-state index is 12.8. The van der Waals surface area contributed by atoms with E-state index in [1.54, 1.807) is 0 Å². The lowest BCUT2D eigenvalue weighted by Crippen LogP contribution is -2.13. The van der Waals surface area contributed by atoms with E-state index < -0.39 is 5.97 Å². The van der Waals surface area contributed by atoms with Crippen LogP contribution in [0.4, 0.5) is 4.39 Å². The molecule has 1 aromatic heterocycles. The van der Waals surface area contributed by atoms with Crippen LogP contribution in [0.25, 0.3) is 5.69 Å². The third-order valence-corrected chi connectivity index (χ3v) is 2.42. The number of carbonyl (C=O) groups excluding carboxylic acids is 1. The average molecular weight is 250 g/mol. The molecule has 0 bridgehead atoms.